The van der Waals surface area contributed by atoms with Crippen LogP contribution in [0.15, 0.2) is 18.2 Å². The molecular weight excluding hydrogens is 308 g/mol. The molecule has 1 aromatic carbocycles. The van der Waals surface area contributed by atoms with Gasteiger partial charge in [-0.1, -0.05) is 6.07 Å². The number of methoxy groups -OCH3 is 2. The van der Waals surface area contributed by atoms with Crippen LogP contribution in [0.2, 0.25) is 0 Å². The van der Waals surface area contributed by atoms with Crippen molar-refractivity contribution in [3.63, 3.8) is 0 Å². The second-order valence-electron chi connectivity index (χ2n) is 6.57. The topological polar surface area (TPSA) is 67.9 Å². The van der Waals surface area contributed by atoms with Crippen molar-refractivity contribution in [2.24, 2.45) is 0 Å². The Balaban J connectivity index is 2.55. The SMILES string of the molecule is COc1ccc(CCNC(=O)CN(C(C)=O)C(C)(C)C)cc1OC. The monoisotopic (exact) mass is 336 g/mol. The summed E-state index contributed by atoms with van der Waals surface area (Å²) in [5.41, 5.74) is 0.652. The first-order chi connectivity index (χ1) is 11.2. The lowest BCUT2D eigenvalue weighted by Gasteiger charge is -2.34. The molecule has 1 N–H and O–H groups in total. The molecular formula is C18H28N2O4. The molecule has 2 amide bonds. The summed E-state index contributed by atoms with van der Waals surface area (Å²) in [6.07, 6.45) is 0.668. The van der Waals surface area contributed by atoms with Gasteiger partial charge in [0.2, 0.25) is 11.8 Å². The summed E-state index contributed by atoms with van der Waals surface area (Å²) in [4.78, 5) is 25.3. The molecule has 0 unspecified atom stereocenters. The van der Waals surface area contributed by atoms with Crippen LogP contribution in [0, 0.1) is 0 Å². The Morgan fingerprint density at radius 1 is 1.12 bits per heavy atom. The third-order valence-electron chi connectivity index (χ3n) is 3.68. The lowest BCUT2D eigenvalue weighted by atomic mass is 10.1. The summed E-state index contributed by atoms with van der Waals surface area (Å²) >= 11 is 0. The zero-order chi connectivity index (χ0) is 18.3. The average Bonchev–Trinajstić information content (AvgIpc) is 2.51. The Kier molecular flexibility index (Phi) is 7.07. The van der Waals surface area contributed by atoms with Crippen LogP contribution < -0.4 is 14.8 Å². The fraction of sp³-hybridized carbons (Fsp3) is 0.556. The van der Waals surface area contributed by atoms with E-state index in [0.29, 0.717) is 24.5 Å². The van der Waals surface area contributed by atoms with Gasteiger partial charge in [0, 0.05) is 19.0 Å². The fourth-order valence-corrected chi connectivity index (χ4v) is 2.40. The van der Waals surface area contributed by atoms with Gasteiger partial charge in [0.15, 0.2) is 11.5 Å². The van der Waals surface area contributed by atoms with E-state index in [4.69, 9.17) is 9.47 Å². The summed E-state index contributed by atoms with van der Waals surface area (Å²) in [5, 5.41) is 2.85. The van der Waals surface area contributed by atoms with Crippen molar-refractivity contribution < 1.29 is 19.1 Å². The highest BCUT2D eigenvalue weighted by atomic mass is 16.5. The average molecular weight is 336 g/mol. The Morgan fingerprint density at radius 3 is 2.25 bits per heavy atom. The van der Waals surface area contributed by atoms with Crippen molar-refractivity contribution in [2.45, 2.75) is 39.7 Å². The first-order valence-electron chi connectivity index (χ1n) is 7.95. The van der Waals surface area contributed by atoms with Crippen LogP contribution in [0.25, 0.3) is 0 Å². The first-order valence-corrected chi connectivity index (χ1v) is 7.95. The van der Waals surface area contributed by atoms with Crippen LogP contribution in [0.4, 0.5) is 0 Å². The molecule has 1 aromatic rings. The predicted molar refractivity (Wildman–Crippen MR) is 93.4 cm³/mol. The largest absolute Gasteiger partial charge is 0.493 e. The molecule has 0 fully saturated rings. The van der Waals surface area contributed by atoms with Gasteiger partial charge in [-0.05, 0) is 44.9 Å². The molecule has 0 aliphatic carbocycles. The summed E-state index contributed by atoms with van der Waals surface area (Å²) < 4.78 is 10.5. The predicted octanol–water partition coefficient (Wildman–Crippen LogP) is 2.01. The Hall–Kier alpha value is -2.24. The quantitative estimate of drug-likeness (QED) is 0.827. The summed E-state index contributed by atoms with van der Waals surface area (Å²) in [6.45, 7) is 7.75. The van der Waals surface area contributed by atoms with Crippen molar-refractivity contribution >= 4 is 11.8 Å². The van der Waals surface area contributed by atoms with E-state index in [1.165, 1.54) is 6.92 Å². The van der Waals surface area contributed by atoms with E-state index in [1.807, 2.05) is 39.0 Å². The molecule has 0 aliphatic heterocycles. The molecule has 134 valence electrons. The number of amides is 2. The molecule has 0 radical (unpaired) electrons. The van der Waals surface area contributed by atoms with Crippen LogP contribution in [0.5, 0.6) is 11.5 Å². The number of nitrogens with one attached hydrogen (secondary N) is 1. The van der Waals surface area contributed by atoms with Crippen molar-refractivity contribution in [1.82, 2.24) is 10.2 Å². The van der Waals surface area contributed by atoms with Crippen molar-refractivity contribution in [3.8, 4) is 11.5 Å². The summed E-state index contributed by atoms with van der Waals surface area (Å²) in [7, 11) is 3.18. The molecule has 6 heteroatoms. The van der Waals surface area contributed by atoms with Crippen LogP contribution >= 0.6 is 0 Å². The molecule has 0 atom stereocenters. The van der Waals surface area contributed by atoms with Crippen LogP contribution in [0.3, 0.4) is 0 Å². The fourth-order valence-electron chi connectivity index (χ4n) is 2.40. The molecule has 0 saturated heterocycles. The number of hydrogen-bond acceptors (Lipinski definition) is 4. The van der Waals surface area contributed by atoms with E-state index in [1.54, 1.807) is 19.1 Å². The first kappa shape index (κ1) is 19.8. The molecule has 1 rings (SSSR count). The van der Waals surface area contributed by atoms with Crippen LogP contribution in [-0.2, 0) is 16.0 Å². The number of nitrogens with zero attached hydrogens (tertiary/aromatic N) is 1. The molecule has 0 bridgehead atoms. The number of rotatable bonds is 7. The third kappa shape index (κ3) is 5.76. The van der Waals surface area contributed by atoms with Crippen molar-refractivity contribution in [1.29, 1.82) is 0 Å². The van der Waals surface area contributed by atoms with E-state index in [0.717, 1.165) is 5.56 Å². The third-order valence-corrected chi connectivity index (χ3v) is 3.68. The lowest BCUT2D eigenvalue weighted by molar-refractivity contribution is -0.138. The molecule has 24 heavy (non-hydrogen) atoms. The van der Waals surface area contributed by atoms with Gasteiger partial charge in [0.25, 0.3) is 0 Å². The van der Waals surface area contributed by atoms with Gasteiger partial charge in [-0.25, -0.2) is 0 Å². The number of carbonyl (C=O) groups excluding carboxylic acids is 2. The second-order valence-corrected chi connectivity index (χ2v) is 6.57. The Morgan fingerprint density at radius 2 is 1.75 bits per heavy atom. The zero-order valence-electron chi connectivity index (χ0n) is 15.4. The maximum atomic E-state index is 12.1. The van der Waals surface area contributed by atoms with Gasteiger partial charge in [0.05, 0.1) is 14.2 Å². The minimum Gasteiger partial charge on any atom is -0.493 e. The van der Waals surface area contributed by atoms with E-state index in [9.17, 15) is 9.59 Å². The molecule has 0 aliphatic rings. The second kappa shape index (κ2) is 8.57. The molecule has 0 heterocycles. The van der Waals surface area contributed by atoms with Gasteiger partial charge in [0.1, 0.15) is 6.54 Å². The molecule has 6 nitrogen and oxygen atoms in total. The summed E-state index contributed by atoms with van der Waals surface area (Å²) in [6, 6.07) is 5.67. The molecule has 0 saturated carbocycles. The van der Waals surface area contributed by atoms with E-state index in [2.05, 4.69) is 5.32 Å². The molecule has 0 aromatic heterocycles. The number of ether oxygens (including phenoxy) is 2. The van der Waals surface area contributed by atoms with Gasteiger partial charge >= 0.3 is 0 Å². The van der Waals surface area contributed by atoms with E-state index < -0.39 is 0 Å². The van der Waals surface area contributed by atoms with Gasteiger partial charge < -0.3 is 19.7 Å². The Bertz CT molecular complexity index is 579. The van der Waals surface area contributed by atoms with E-state index >= 15 is 0 Å². The maximum Gasteiger partial charge on any atom is 0.239 e. The Labute approximate surface area is 144 Å². The maximum absolute atomic E-state index is 12.1. The summed E-state index contributed by atoms with van der Waals surface area (Å²) in [5.74, 6) is 1.06. The highest BCUT2D eigenvalue weighted by Gasteiger charge is 2.25. The number of benzene rings is 1. The minimum atomic E-state index is -0.382. The smallest absolute Gasteiger partial charge is 0.239 e. The highest BCUT2D eigenvalue weighted by Crippen LogP contribution is 2.27. The van der Waals surface area contributed by atoms with E-state index in [-0.39, 0.29) is 23.9 Å². The van der Waals surface area contributed by atoms with Crippen LogP contribution in [-0.4, -0.2) is 49.6 Å². The molecule has 0 spiro atoms. The van der Waals surface area contributed by atoms with Gasteiger partial charge in [-0.15, -0.1) is 0 Å². The van der Waals surface area contributed by atoms with Crippen molar-refractivity contribution in [2.75, 3.05) is 27.3 Å². The van der Waals surface area contributed by atoms with Crippen molar-refractivity contribution in [3.05, 3.63) is 23.8 Å². The van der Waals surface area contributed by atoms with Gasteiger partial charge in [-0.2, -0.15) is 0 Å². The zero-order valence-corrected chi connectivity index (χ0v) is 15.4. The number of carbonyl (C=O) groups is 2. The highest BCUT2D eigenvalue weighted by molar-refractivity contribution is 5.84. The van der Waals surface area contributed by atoms with Crippen LogP contribution in [0.1, 0.15) is 33.3 Å². The minimum absolute atomic E-state index is 0.0603. The number of hydrogen-bond donors (Lipinski definition) is 1. The lowest BCUT2D eigenvalue weighted by Crippen LogP contribution is -2.49. The standard InChI is InChI=1S/C18H28N2O4/c1-13(21)20(18(2,3)4)12-17(22)19-10-9-14-7-8-15(23-5)16(11-14)24-6/h7-8,11H,9-10,12H2,1-6H3,(H,19,22). The van der Waals surface area contributed by atoms with Gasteiger partial charge in [-0.3, -0.25) is 9.59 Å². The normalized spacial score (nSPS) is 10.9.